The van der Waals surface area contributed by atoms with E-state index in [0.717, 1.165) is 16.5 Å². The van der Waals surface area contributed by atoms with E-state index >= 15 is 0 Å². The molecule has 0 atom stereocenters. The molecule has 2 aromatic carbocycles. The summed E-state index contributed by atoms with van der Waals surface area (Å²) >= 11 is 3.47. The molecule has 6 heteroatoms. The predicted molar refractivity (Wildman–Crippen MR) is 111 cm³/mol. The number of rotatable bonds is 7. The molecule has 0 bridgehead atoms. The van der Waals surface area contributed by atoms with E-state index in [2.05, 4.69) is 36.7 Å². The quantitative estimate of drug-likeness (QED) is 0.424. The second-order valence-corrected chi connectivity index (χ2v) is 8.18. The van der Waals surface area contributed by atoms with Gasteiger partial charge in [-0.1, -0.05) is 39.8 Å². The molecule has 5 nitrogen and oxygen atoms in total. The van der Waals surface area contributed by atoms with Gasteiger partial charge >= 0.3 is 11.9 Å². The molecule has 0 spiro atoms. The van der Waals surface area contributed by atoms with Gasteiger partial charge in [0.05, 0.1) is 16.6 Å². The zero-order chi connectivity index (χ0) is 20.7. The standard InChI is InChI=1S/C22H25BrO5/c1-5-11-26-21(25)15-7-6-8-17(12-15)28-20(24)14-27-19-10-9-16(13-18(19)23)22(2,3)4/h6-10,12-13H,5,11,14H2,1-4H3. The van der Waals surface area contributed by atoms with Gasteiger partial charge in [-0.2, -0.15) is 0 Å². The first-order valence-corrected chi connectivity index (χ1v) is 9.90. The van der Waals surface area contributed by atoms with Gasteiger partial charge in [0, 0.05) is 0 Å². The van der Waals surface area contributed by atoms with Crippen molar-refractivity contribution < 1.29 is 23.8 Å². The lowest BCUT2D eigenvalue weighted by atomic mass is 9.87. The molecule has 0 aliphatic carbocycles. The molecule has 2 aromatic rings. The summed E-state index contributed by atoms with van der Waals surface area (Å²) < 4.78 is 16.7. The molecule has 0 radical (unpaired) electrons. The largest absolute Gasteiger partial charge is 0.481 e. The highest BCUT2D eigenvalue weighted by Gasteiger charge is 2.16. The van der Waals surface area contributed by atoms with Gasteiger partial charge in [0.1, 0.15) is 11.5 Å². The minimum Gasteiger partial charge on any atom is -0.481 e. The number of ether oxygens (including phenoxy) is 3. The SMILES string of the molecule is CCCOC(=O)c1cccc(OC(=O)COc2ccc(C(C)(C)C)cc2Br)c1. The Bertz CT molecular complexity index is 839. The summed E-state index contributed by atoms with van der Waals surface area (Å²) in [6, 6.07) is 12.1. The number of hydrogen-bond donors (Lipinski definition) is 0. The summed E-state index contributed by atoms with van der Waals surface area (Å²) in [4.78, 5) is 24.0. The molecular formula is C22H25BrO5. The molecule has 2 rings (SSSR count). The molecule has 0 aliphatic rings. The van der Waals surface area contributed by atoms with Crippen molar-refractivity contribution in [2.24, 2.45) is 0 Å². The van der Waals surface area contributed by atoms with Crippen molar-refractivity contribution in [3.63, 3.8) is 0 Å². The molecule has 0 fully saturated rings. The third-order valence-corrected chi connectivity index (χ3v) is 4.50. The van der Waals surface area contributed by atoms with Gasteiger partial charge < -0.3 is 14.2 Å². The molecule has 0 saturated heterocycles. The lowest BCUT2D eigenvalue weighted by Crippen LogP contribution is -2.18. The maximum atomic E-state index is 12.1. The van der Waals surface area contributed by atoms with Crippen molar-refractivity contribution in [1.29, 1.82) is 0 Å². The van der Waals surface area contributed by atoms with Gasteiger partial charge in [-0.3, -0.25) is 0 Å². The molecule has 0 aliphatic heterocycles. The highest BCUT2D eigenvalue weighted by atomic mass is 79.9. The highest BCUT2D eigenvalue weighted by Crippen LogP contribution is 2.31. The Hall–Kier alpha value is -2.34. The molecule has 28 heavy (non-hydrogen) atoms. The summed E-state index contributed by atoms with van der Waals surface area (Å²) in [5.74, 6) is -0.187. The molecule has 150 valence electrons. The molecular weight excluding hydrogens is 424 g/mol. The number of carbonyl (C=O) groups excluding carboxylic acids is 2. The van der Waals surface area contributed by atoms with E-state index in [1.807, 2.05) is 25.1 Å². The topological polar surface area (TPSA) is 61.8 Å². The number of halogens is 1. The average Bonchev–Trinajstić information content (AvgIpc) is 2.64. The Morgan fingerprint density at radius 2 is 1.82 bits per heavy atom. The smallest absolute Gasteiger partial charge is 0.349 e. The van der Waals surface area contributed by atoms with Crippen LogP contribution in [0.4, 0.5) is 0 Å². The van der Waals surface area contributed by atoms with Crippen LogP contribution in [0.3, 0.4) is 0 Å². The normalized spacial score (nSPS) is 11.0. The Balaban J connectivity index is 1.95. The maximum absolute atomic E-state index is 12.1. The fraction of sp³-hybridized carbons (Fsp3) is 0.364. The third kappa shape index (κ3) is 6.37. The van der Waals surface area contributed by atoms with Crippen LogP contribution in [-0.2, 0) is 14.9 Å². The fourth-order valence-electron chi connectivity index (χ4n) is 2.35. The van der Waals surface area contributed by atoms with Crippen LogP contribution in [0.15, 0.2) is 46.9 Å². The van der Waals surface area contributed by atoms with Crippen molar-refractivity contribution in [2.45, 2.75) is 39.5 Å². The zero-order valence-electron chi connectivity index (χ0n) is 16.6. The van der Waals surface area contributed by atoms with Crippen LogP contribution >= 0.6 is 15.9 Å². The van der Waals surface area contributed by atoms with Crippen LogP contribution in [0.25, 0.3) is 0 Å². The molecule has 0 saturated carbocycles. The van der Waals surface area contributed by atoms with E-state index in [0.29, 0.717) is 17.9 Å². The summed E-state index contributed by atoms with van der Waals surface area (Å²) in [6.45, 7) is 8.38. The number of esters is 2. The predicted octanol–water partition coefficient (Wildman–Crippen LogP) is 5.30. The third-order valence-electron chi connectivity index (χ3n) is 3.88. The van der Waals surface area contributed by atoms with Crippen LogP contribution in [0.1, 0.15) is 50.0 Å². The lowest BCUT2D eigenvalue weighted by molar-refractivity contribution is -0.136. The zero-order valence-corrected chi connectivity index (χ0v) is 18.2. The fourth-order valence-corrected chi connectivity index (χ4v) is 2.84. The van der Waals surface area contributed by atoms with E-state index < -0.39 is 11.9 Å². The first-order chi connectivity index (χ1) is 13.2. The highest BCUT2D eigenvalue weighted by molar-refractivity contribution is 9.10. The van der Waals surface area contributed by atoms with Crippen LogP contribution < -0.4 is 9.47 Å². The van der Waals surface area contributed by atoms with Crippen LogP contribution in [0.2, 0.25) is 0 Å². The summed E-state index contributed by atoms with van der Waals surface area (Å²) in [6.07, 6.45) is 0.740. The van der Waals surface area contributed by atoms with E-state index in [9.17, 15) is 9.59 Å². The van der Waals surface area contributed by atoms with E-state index in [4.69, 9.17) is 14.2 Å². The monoisotopic (exact) mass is 448 g/mol. The second-order valence-electron chi connectivity index (χ2n) is 7.32. The first kappa shape index (κ1) is 22.0. The van der Waals surface area contributed by atoms with Gasteiger partial charge in [0.15, 0.2) is 6.61 Å². The second kappa shape index (κ2) is 9.73. The van der Waals surface area contributed by atoms with E-state index in [1.54, 1.807) is 18.2 Å². The minimum absolute atomic E-state index is 0.0171. The number of hydrogen-bond acceptors (Lipinski definition) is 5. The van der Waals surface area contributed by atoms with Gasteiger partial charge in [-0.05, 0) is 63.7 Å². The van der Waals surface area contributed by atoms with Gasteiger partial charge in [0.25, 0.3) is 0 Å². The minimum atomic E-state index is -0.564. The van der Waals surface area contributed by atoms with Crippen molar-refractivity contribution in [3.8, 4) is 11.5 Å². The van der Waals surface area contributed by atoms with Crippen molar-refractivity contribution in [3.05, 3.63) is 58.1 Å². The van der Waals surface area contributed by atoms with Crippen LogP contribution in [0, 0.1) is 0 Å². The van der Waals surface area contributed by atoms with E-state index in [1.165, 1.54) is 6.07 Å². The van der Waals surface area contributed by atoms with Crippen molar-refractivity contribution in [1.82, 2.24) is 0 Å². The molecule has 0 aromatic heterocycles. The number of carbonyl (C=O) groups is 2. The average molecular weight is 449 g/mol. The summed E-state index contributed by atoms with van der Waals surface area (Å²) in [7, 11) is 0. The molecule has 0 amide bonds. The molecule has 0 heterocycles. The maximum Gasteiger partial charge on any atom is 0.349 e. The lowest BCUT2D eigenvalue weighted by Gasteiger charge is -2.20. The summed E-state index contributed by atoms with van der Waals surface area (Å²) in [5.41, 5.74) is 1.50. The van der Waals surface area contributed by atoms with Gasteiger partial charge in [0.2, 0.25) is 0 Å². The van der Waals surface area contributed by atoms with E-state index in [-0.39, 0.29) is 17.8 Å². The molecule has 0 unspecified atom stereocenters. The Morgan fingerprint density at radius 1 is 1.07 bits per heavy atom. The Kier molecular flexibility index (Phi) is 7.63. The van der Waals surface area contributed by atoms with Crippen LogP contribution in [-0.4, -0.2) is 25.2 Å². The van der Waals surface area contributed by atoms with Crippen molar-refractivity contribution in [2.75, 3.05) is 13.2 Å². The Labute approximate surface area is 174 Å². The van der Waals surface area contributed by atoms with Crippen LogP contribution in [0.5, 0.6) is 11.5 Å². The first-order valence-electron chi connectivity index (χ1n) is 9.11. The van der Waals surface area contributed by atoms with Gasteiger partial charge in [-0.25, -0.2) is 9.59 Å². The van der Waals surface area contributed by atoms with Gasteiger partial charge in [-0.15, -0.1) is 0 Å². The molecule has 0 N–H and O–H groups in total. The van der Waals surface area contributed by atoms with Crippen molar-refractivity contribution >= 4 is 27.9 Å². The summed E-state index contributed by atoms with van der Waals surface area (Å²) in [5, 5.41) is 0. The Morgan fingerprint density at radius 3 is 2.46 bits per heavy atom. The number of benzene rings is 2.